The Morgan fingerprint density at radius 1 is 1.26 bits per heavy atom. The third kappa shape index (κ3) is 3.10. The molecule has 1 aliphatic carbocycles. The first-order chi connectivity index (χ1) is 9.13. The maximum Gasteiger partial charge on any atom is 0.257 e. The Hall–Kier alpha value is -1.49. The molecule has 2 N–H and O–H groups in total. The van der Waals surface area contributed by atoms with Gasteiger partial charge in [0.1, 0.15) is 17.2 Å². The number of benzene rings is 1. The molecule has 1 aliphatic rings. The molecule has 1 aromatic carbocycles. The van der Waals surface area contributed by atoms with Crippen LogP contribution in [0.15, 0.2) is 18.2 Å². The SMILES string of the molecule is O=C(NC1CCCCC1CO)c1c(F)cccc1F. The summed E-state index contributed by atoms with van der Waals surface area (Å²) in [4.78, 5) is 11.9. The van der Waals surface area contributed by atoms with Gasteiger partial charge in [0.2, 0.25) is 0 Å². The van der Waals surface area contributed by atoms with Crippen molar-refractivity contribution in [3.05, 3.63) is 35.4 Å². The van der Waals surface area contributed by atoms with Gasteiger partial charge in [-0.1, -0.05) is 18.9 Å². The molecule has 0 heterocycles. The summed E-state index contributed by atoms with van der Waals surface area (Å²) in [6.45, 7) is -0.0231. The normalized spacial score (nSPS) is 23.1. The highest BCUT2D eigenvalue weighted by Gasteiger charge is 2.27. The summed E-state index contributed by atoms with van der Waals surface area (Å²) < 4.78 is 27.0. The van der Waals surface area contributed by atoms with Crippen molar-refractivity contribution in [1.82, 2.24) is 5.32 Å². The summed E-state index contributed by atoms with van der Waals surface area (Å²) in [6, 6.07) is 3.12. The van der Waals surface area contributed by atoms with Gasteiger partial charge in [-0.2, -0.15) is 0 Å². The molecule has 3 nitrogen and oxygen atoms in total. The summed E-state index contributed by atoms with van der Waals surface area (Å²) in [5.41, 5.74) is -0.551. The summed E-state index contributed by atoms with van der Waals surface area (Å²) in [5, 5.41) is 11.9. The number of halogens is 2. The van der Waals surface area contributed by atoms with Gasteiger partial charge in [0.25, 0.3) is 5.91 Å². The number of nitrogens with one attached hydrogen (secondary N) is 1. The van der Waals surface area contributed by atoms with Gasteiger partial charge in [0.05, 0.1) is 0 Å². The van der Waals surface area contributed by atoms with Crippen molar-refractivity contribution in [3.8, 4) is 0 Å². The van der Waals surface area contributed by atoms with Crippen LogP contribution in [0.4, 0.5) is 8.78 Å². The number of rotatable bonds is 3. The lowest BCUT2D eigenvalue weighted by Gasteiger charge is -2.30. The zero-order valence-corrected chi connectivity index (χ0v) is 10.5. The Balaban J connectivity index is 2.12. The molecular formula is C14H17F2NO2. The minimum absolute atomic E-state index is 0.0231. The van der Waals surface area contributed by atoms with Crippen LogP contribution in [0.3, 0.4) is 0 Å². The van der Waals surface area contributed by atoms with E-state index in [2.05, 4.69) is 5.32 Å². The van der Waals surface area contributed by atoms with E-state index in [1.165, 1.54) is 6.07 Å². The molecule has 5 heteroatoms. The van der Waals surface area contributed by atoms with Gasteiger partial charge in [-0.3, -0.25) is 4.79 Å². The van der Waals surface area contributed by atoms with E-state index < -0.39 is 23.1 Å². The van der Waals surface area contributed by atoms with E-state index in [1.54, 1.807) is 0 Å². The van der Waals surface area contributed by atoms with Crippen LogP contribution in [0.5, 0.6) is 0 Å². The zero-order chi connectivity index (χ0) is 13.8. The quantitative estimate of drug-likeness (QED) is 0.884. The molecule has 2 unspecified atom stereocenters. The van der Waals surface area contributed by atoms with Crippen LogP contribution in [0.1, 0.15) is 36.0 Å². The minimum Gasteiger partial charge on any atom is -0.396 e. The predicted octanol–water partition coefficient (Wildman–Crippen LogP) is 2.25. The number of carbonyl (C=O) groups is 1. The zero-order valence-electron chi connectivity index (χ0n) is 10.5. The molecule has 1 aromatic rings. The van der Waals surface area contributed by atoms with E-state index in [0.29, 0.717) is 0 Å². The van der Waals surface area contributed by atoms with Crippen molar-refractivity contribution in [2.75, 3.05) is 6.61 Å². The molecule has 1 saturated carbocycles. The monoisotopic (exact) mass is 269 g/mol. The fourth-order valence-corrected chi connectivity index (χ4v) is 2.57. The van der Waals surface area contributed by atoms with E-state index in [-0.39, 0.29) is 18.6 Å². The highest BCUT2D eigenvalue weighted by molar-refractivity contribution is 5.94. The second kappa shape index (κ2) is 6.10. The van der Waals surface area contributed by atoms with Crippen LogP contribution >= 0.6 is 0 Å². The van der Waals surface area contributed by atoms with E-state index in [0.717, 1.165) is 37.8 Å². The molecule has 2 rings (SSSR count). The Labute approximate surface area is 110 Å². The topological polar surface area (TPSA) is 49.3 Å². The van der Waals surface area contributed by atoms with Gasteiger partial charge in [0, 0.05) is 18.6 Å². The maximum atomic E-state index is 13.5. The van der Waals surface area contributed by atoms with E-state index in [1.807, 2.05) is 0 Å². The van der Waals surface area contributed by atoms with Gasteiger partial charge in [0.15, 0.2) is 0 Å². The maximum absolute atomic E-state index is 13.5. The predicted molar refractivity (Wildman–Crippen MR) is 66.7 cm³/mol. The molecule has 19 heavy (non-hydrogen) atoms. The Kier molecular flexibility index (Phi) is 4.47. The molecule has 2 atom stereocenters. The molecule has 0 radical (unpaired) electrons. The summed E-state index contributed by atoms with van der Waals surface area (Å²) in [6.07, 6.45) is 3.50. The number of aliphatic hydroxyl groups is 1. The summed E-state index contributed by atoms with van der Waals surface area (Å²) in [7, 11) is 0. The van der Waals surface area contributed by atoms with Crippen molar-refractivity contribution in [2.24, 2.45) is 5.92 Å². The highest BCUT2D eigenvalue weighted by atomic mass is 19.1. The van der Waals surface area contributed by atoms with Crippen LogP contribution in [0.2, 0.25) is 0 Å². The molecule has 0 aromatic heterocycles. The number of aliphatic hydroxyl groups excluding tert-OH is 1. The Morgan fingerprint density at radius 3 is 2.53 bits per heavy atom. The second-order valence-electron chi connectivity index (χ2n) is 4.90. The van der Waals surface area contributed by atoms with Crippen molar-refractivity contribution in [2.45, 2.75) is 31.7 Å². The first-order valence-electron chi connectivity index (χ1n) is 6.49. The van der Waals surface area contributed by atoms with E-state index in [4.69, 9.17) is 0 Å². The lowest BCUT2D eigenvalue weighted by molar-refractivity contribution is 0.0864. The largest absolute Gasteiger partial charge is 0.396 e. The molecule has 104 valence electrons. The van der Waals surface area contributed by atoms with Crippen LogP contribution in [-0.4, -0.2) is 23.7 Å². The molecule has 0 aliphatic heterocycles. The second-order valence-corrected chi connectivity index (χ2v) is 4.90. The molecule has 1 fully saturated rings. The smallest absolute Gasteiger partial charge is 0.257 e. The van der Waals surface area contributed by atoms with Crippen LogP contribution in [0.25, 0.3) is 0 Å². The third-order valence-corrected chi connectivity index (χ3v) is 3.65. The third-order valence-electron chi connectivity index (χ3n) is 3.65. The van der Waals surface area contributed by atoms with Crippen LogP contribution in [-0.2, 0) is 0 Å². The molecule has 0 saturated heterocycles. The fourth-order valence-electron chi connectivity index (χ4n) is 2.57. The summed E-state index contributed by atoms with van der Waals surface area (Å²) in [5.74, 6) is -2.52. The number of hydrogen-bond acceptors (Lipinski definition) is 2. The van der Waals surface area contributed by atoms with E-state index >= 15 is 0 Å². The Morgan fingerprint density at radius 2 is 1.89 bits per heavy atom. The van der Waals surface area contributed by atoms with Gasteiger partial charge in [-0.25, -0.2) is 8.78 Å². The minimum atomic E-state index is -0.867. The van der Waals surface area contributed by atoms with Gasteiger partial charge >= 0.3 is 0 Å². The molecule has 1 amide bonds. The van der Waals surface area contributed by atoms with Crippen molar-refractivity contribution >= 4 is 5.91 Å². The molecule has 0 bridgehead atoms. The standard InChI is InChI=1S/C14H17F2NO2/c15-10-5-3-6-11(16)13(10)14(19)17-12-7-2-1-4-9(12)8-18/h3,5-6,9,12,18H,1-2,4,7-8H2,(H,17,19). The van der Waals surface area contributed by atoms with Gasteiger partial charge < -0.3 is 10.4 Å². The lowest BCUT2D eigenvalue weighted by Crippen LogP contribution is -2.43. The van der Waals surface area contributed by atoms with E-state index in [9.17, 15) is 18.7 Å². The Bertz CT molecular complexity index is 445. The highest BCUT2D eigenvalue weighted by Crippen LogP contribution is 2.24. The summed E-state index contributed by atoms with van der Waals surface area (Å²) >= 11 is 0. The molecule has 0 spiro atoms. The first-order valence-corrected chi connectivity index (χ1v) is 6.49. The van der Waals surface area contributed by atoms with Crippen LogP contribution < -0.4 is 5.32 Å². The first kappa shape index (κ1) is 13.9. The number of carbonyl (C=O) groups excluding carboxylic acids is 1. The van der Waals surface area contributed by atoms with Crippen molar-refractivity contribution in [1.29, 1.82) is 0 Å². The van der Waals surface area contributed by atoms with Gasteiger partial charge in [-0.15, -0.1) is 0 Å². The van der Waals surface area contributed by atoms with Crippen molar-refractivity contribution < 1.29 is 18.7 Å². The molecular weight excluding hydrogens is 252 g/mol. The number of hydrogen-bond donors (Lipinski definition) is 2. The number of amides is 1. The lowest BCUT2D eigenvalue weighted by atomic mass is 9.85. The van der Waals surface area contributed by atoms with Crippen molar-refractivity contribution in [3.63, 3.8) is 0 Å². The average molecular weight is 269 g/mol. The van der Waals surface area contributed by atoms with Gasteiger partial charge in [-0.05, 0) is 25.0 Å². The fraction of sp³-hybridized carbons (Fsp3) is 0.500. The average Bonchev–Trinajstić information content (AvgIpc) is 2.39. The van der Waals surface area contributed by atoms with Crippen LogP contribution in [0, 0.1) is 17.6 Å².